The predicted molar refractivity (Wildman–Crippen MR) is 87.3 cm³/mol. The van der Waals surface area contributed by atoms with E-state index in [0.717, 1.165) is 23.3 Å². The zero-order valence-corrected chi connectivity index (χ0v) is 13.6. The van der Waals surface area contributed by atoms with Crippen LogP contribution in [0.25, 0.3) is 11.0 Å². The molecule has 0 fully saturated rings. The molecule has 5 nitrogen and oxygen atoms in total. The van der Waals surface area contributed by atoms with E-state index in [2.05, 4.69) is 15.3 Å². The van der Waals surface area contributed by atoms with Crippen molar-refractivity contribution in [1.82, 2.24) is 14.5 Å². The molecule has 130 valence electrons. The van der Waals surface area contributed by atoms with Crippen LogP contribution >= 0.6 is 0 Å². The Labute approximate surface area is 141 Å². The molecule has 0 aliphatic carbocycles. The van der Waals surface area contributed by atoms with E-state index in [-0.39, 0.29) is 5.95 Å². The van der Waals surface area contributed by atoms with E-state index in [9.17, 15) is 18.0 Å². The summed E-state index contributed by atoms with van der Waals surface area (Å²) in [4.78, 5) is 20.2. The minimum absolute atomic E-state index is 0.207. The van der Waals surface area contributed by atoms with E-state index in [0.29, 0.717) is 18.3 Å². The summed E-state index contributed by atoms with van der Waals surface area (Å²) in [6.45, 7) is 4.29. The van der Waals surface area contributed by atoms with Gasteiger partial charge in [0.15, 0.2) is 0 Å². The van der Waals surface area contributed by atoms with E-state index in [1.165, 1.54) is 0 Å². The number of amides is 1. The molecule has 0 saturated heterocycles. The number of pyridine rings is 1. The van der Waals surface area contributed by atoms with E-state index in [4.69, 9.17) is 0 Å². The highest BCUT2D eigenvalue weighted by molar-refractivity contribution is 6.05. The second kappa shape index (κ2) is 6.19. The summed E-state index contributed by atoms with van der Waals surface area (Å²) < 4.78 is 40.9. The largest absolute Gasteiger partial charge is 0.418 e. The van der Waals surface area contributed by atoms with Crippen molar-refractivity contribution in [2.75, 3.05) is 5.32 Å². The van der Waals surface area contributed by atoms with Gasteiger partial charge in [-0.25, -0.2) is 4.98 Å². The molecule has 3 rings (SSSR count). The van der Waals surface area contributed by atoms with Crippen LogP contribution in [0, 0.1) is 6.92 Å². The molecule has 0 spiro atoms. The number of alkyl halides is 3. The van der Waals surface area contributed by atoms with E-state index in [1.807, 2.05) is 32.0 Å². The van der Waals surface area contributed by atoms with Crippen LogP contribution in [0.15, 0.2) is 36.7 Å². The lowest BCUT2D eigenvalue weighted by Gasteiger charge is -2.12. The van der Waals surface area contributed by atoms with Gasteiger partial charge in [0.1, 0.15) is 0 Å². The number of hydrogen-bond donors (Lipinski definition) is 1. The molecule has 0 atom stereocenters. The standard InChI is InChI=1S/C17H15F3N4O/c1-3-24-14-5-4-10(2)8-13(14)22-16(24)23-15(25)11-6-7-21-9-12(11)17(18,19)20/h4-9H,3H2,1-2H3,(H,22,23,25). The van der Waals surface area contributed by atoms with Crippen LogP contribution in [0.2, 0.25) is 0 Å². The van der Waals surface area contributed by atoms with Crippen LogP contribution in [0.3, 0.4) is 0 Å². The van der Waals surface area contributed by atoms with Crippen molar-refractivity contribution >= 4 is 22.9 Å². The maximum atomic E-state index is 13.1. The maximum Gasteiger partial charge on any atom is 0.418 e. The molecule has 2 heterocycles. The molecule has 0 unspecified atom stereocenters. The molecule has 0 bridgehead atoms. The van der Waals surface area contributed by atoms with Gasteiger partial charge in [0.05, 0.1) is 22.2 Å². The van der Waals surface area contributed by atoms with Crippen molar-refractivity contribution in [3.8, 4) is 0 Å². The van der Waals surface area contributed by atoms with E-state index >= 15 is 0 Å². The number of aryl methyl sites for hydroxylation is 2. The van der Waals surface area contributed by atoms with Crippen LogP contribution in [0.5, 0.6) is 0 Å². The average molecular weight is 348 g/mol. The third-order valence-corrected chi connectivity index (χ3v) is 3.82. The molecule has 0 aliphatic heterocycles. The normalized spacial score (nSPS) is 11.7. The monoisotopic (exact) mass is 348 g/mol. The smallest absolute Gasteiger partial charge is 0.310 e. The van der Waals surface area contributed by atoms with Gasteiger partial charge in [0.25, 0.3) is 5.91 Å². The molecular formula is C17H15F3N4O. The highest BCUT2D eigenvalue weighted by Crippen LogP contribution is 2.31. The summed E-state index contributed by atoms with van der Waals surface area (Å²) in [5.74, 6) is -0.672. The van der Waals surface area contributed by atoms with Gasteiger partial charge in [-0.3, -0.25) is 15.1 Å². The van der Waals surface area contributed by atoms with E-state index in [1.54, 1.807) is 4.57 Å². The number of anilines is 1. The fourth-order valence-electron chi connectivity index (χ4n) is 2.64. The van der Waals surface area contributed by atoms with Crippen molar-refractivity contribution in [2.24, 2.45) is 0 Å². The molecule has 1 amide bonds. The summed E-state index contributed by atoms with van der Waals surface area (Å²) in [6, 6.07) is 6.67. The van der Waals surface area contributed by atoms with Crippen LogP contribution in [-0.4, -0.2) is 20.4 Å². The minimum atomic E-state index is -4.66. The van der Waals surface area contributed by atoms with Crippen molar-refractivity contribution in [3.63, 3.8) is 0 Å². The molecule has 3 aromatic rings. The van der Waals surface area contributed by atoms with Crippen LogP contribution in [0.4, 0.5) is 19.1 Å². The number of halogens is 3. The fraction of sp³-hybridized carbons (Fsp3) is 0.235. The average Bonchev–Trinajstić information content (AvgIpc) is 2.89. The molecule has 0 saturated carbocycles. The lowest BCUT2D eigenvalue weighted by atomic mass is 10.1. The van der Waals surface area contributed by atoms with Crippen LogP contribution in [-0.2, 0) is 12.7 Å². The van der Waals surface area contributed by atoms with Crippen molar-refractivity contribution in [1.29, 1.82) is 0 Å². The molecule has 0 aliphatic rings. The Hall–Kier alpha value is -2.90. The molecule has 25 heavy (non-hydrogen) atoms. The Morgan fingerprint density at radius 1 is 1.28 bits per heavy atom. The summed E-state index contributed by atoms with van der Waals surface area (Å²) in [5.41, 5.74) is 0.896. The minimum Gasteiger partial charge on any atom is -0.310 e. The molecule has 8 heteroatoms. The zero-order chi connectivity index (χ0) is 18.2. The van der Waals surface area contributed by atoms with Gasteiger partial charge in [-0.15, -0.1) is 0 Å². The Balaban J connectivity index is 2.01. The second-order valence-electron chi connectivity index (χ2n) is 5.54. The number of nitrogens with one attached hydrogen (secondary N) is 1. The SMILES string of the molecule is CCn1c(NC(=O)c2ccncc2C(F)(F)F)nc2cc(C)ccc21. The van der Waals surface area contributed by atoms with Crippen LogP contribution < -0.4 is 5.32 Å². The number of aromatic nitrogens is 3. The summed E-state index contributed by atoms with van der Waals surface area (Å²) in [5, 5.41) is 2.48. The van der Waals surface area contributed by atoms with Gasteiger partial charge in [-0.05, 0) is 37.6 Å². The first-order valence-electron chi connectivity index (χ1n) is 7.60. The van der Waals surface area contributed by atoms with Gasteiger partial charge in [-0.2, -0.15) is 13.2 Å². The van der Waals surface area contributed by atoms with Gasteiger partial charge in [0, 0.05) is 18.9 Å². The van der Waals surface area contributed by atoms with Crippen molar-refractivity contribution < 1.29 is 18.0 Å². The Morgan fingerprint density at radius 3 is 2.72 bits per heavy atom. The molecule has 2 aromatic heterocycles. The number of nitrogens with zero attached hydrogens (tertiary/aromatic N) is 3. The predicted octanol–water partition coefficient (Wildman–Crippen LogP) is 4.03. The number of rotatable bonds is 3. The number of carbonyl (C=O) groups excluding carboxylic acids is 1. The first-order valence-corrected chi connectivity index (χ1v) is 7.60. The number of hydrogen-bond acceptors (Lipinski definition) is 3. The lowest BCUT2D eigenvalue weighted by Crippen LogP contribution is -2.20. The number of benzene rings is 1. The summed E-state index contributed by atoms with van der Waals surface area (Å²) in [7, 11) is 0. The van der Waals surface area contributed by atoms with Crippen molar-refractivity contribution in [2.45, 2.75) is 26.6 Å². The highest BCUT2D eigenvalue weighted by Gasteiger charge is 2.35. The first kappa shape index (κ1) is 16.9. The fourth-order valence-corrected chi connectivity index (χ4v) is 2.64. The quantitative estimate of drug-likeness (QED) is 0.777. The number of fused-ring (bicyclic) bond motifs is 1. The lowest BCUT2D eigenvalue weighted by molar-refractivity contribution is -0.138. The first-order chi connectivity index (χ1) is 11.8. The number of carbonyl (C=O) groups is 1. The maximum absolute atomic E-state index is 13.1. The van der Waals surface area contributed by atoms with Crippen LogP contribution in [0.1, 0.15) is 28.4 Å². The zero-order valence-electron chi connectivity index (χ0n) is 13.6. The van der Waals surface area contributed by atoms with Gasteiger partial charge in [-0.1, -0.05) is 6.07 Å². The topological polar surface area (TPSA) is 59.8 Å². The molecular weight excluding hydrogens is 333 g/mol. The second-order valence-corrected chi connectivity index (χ2v) is 5.54. The van der Waals surface area contributed by atoms with E-state index < -0.39 is 23.2 Å². The van der Waals surface area contributed by atoms with Crippen molar-refractivity contribution in [3.05, 3.63) is 53.3 Å². The van der Waals surface area contributed by atoms with Gasteiger partial charge < -0.3 is 4.57 Å². The summed E-state index contributed by atoms with van der Waals surface area (Å²) >= 11 is 0. The van der Waals surface area contributed by atoms with Gasteiger partial charge >= 0.3 is 6.18 Å². The third-order valence-electron chi connectivity index (χ3n) is 3.82. The Kier molecular flexibility index (Phi) is 4.20. The highest BCUT2D eigenvalue weighted by atomic mass is 19.4. The Morgan fingerprint density at radius 2 is 2.04 bits per heavy atom. The third kappa shape index (κ3) is 3.19. The molecule has 1 N–H and O–H groups in total. The number of imidazole rings is 1. The Bertz CT molecular complexity index is 947. The summed E-state index contributed by atoms with van der Waals surface area (Å²) in [6.07, 6.45) is -2.87. The van der Waals surface area contributed by atoms with Gasteiger partial charge in [0.2, 0.25) is 5.95 Å². The molecule has 0 radical (unpaired) electrons. The molecule has 1 aromatic carbocycles.